The van der Waals surface area contributed by atoms with Gasteiger partial charge in [-0.1, -0.05) is 18.2 Å². The molecule has 0 radical (unpaired) electrons. The van der Waals surface area contributed by atoms with Crippen molar-refractivity contribution < 1.29 is 23.8 Å². The van der Waals surface area contributed by atoms with E-state index in [9.17, 15) is 19.1 Å². The van der Waals surface area contributed by atoms with Crippen molar-refractivity contribution in [3.63, 3.8) is 0 Å². The highest BCUT2D eigenvalue weighted by Crippen LogP contribution is 2.24. The number of aromatic nitrogens is 2. The van der Waals surface area contributed by atoms with Gasteiger partial charge < -0.3 is 29.8 Å². The van der Waals surface area contributed by atoms with Crippen LogP contribution in [-0.2, 0) is 11.2 Å². The van der Waals surface area contributed by atoms with Crippen LogP contribution >= 0.6 is 0 Å². The number of aromatic hydroxyl groups is 1. The molecule has 1 fully saturated rings. The maximum Gasteiger partial charge on any atom is 0.255 e. The number of para-hydroxylation sites is 1. The molecular formula is C25H27FN4O5. The number of nitrogens with zero attached hydrogens (tertiary/aromatic N) is 2. The molecule has 0 aliphatic carbocycles. The Morgan fingerprint density at radius 3 is 2.77 bits per heavy atom. The summed E-state index contributed by atoms with van der Waals surface area (Å²) in [4.78, 5) is 34.7. The van der Waals surface area contributed by atoms with E-state index in [4.69, 9.17) is 14.5 Å². The number of amides is 1. The molecule has 35 heavy (non-hydrogen) atoms. The van der Waals surface area contributed by atoms with E-state index in [-0.39, 0.29) is 29.2 Å². The molecule has 9 nitrogen and oxygen atoms in total. The summed E-state index contributed by atoms with van der Waals surface area (Å²) in [5, 5.41) is 12.8. The summed E-state index contributed by atoms with van der Waals surface area (Å²) < 4.78 is 24.4. The van der Waals surface area contributed by atoms with Crippen molar-refractivity contribution in [2.75, 3.05) is 44.9 Å². The number of nitrogens with one attached hydrogen (secondary N) is 2. The van der Waals surface area contributed by atoms with Crippen LogP contribution in [0.2, 0.25) is 0 Å². The van der Waals surface area contributed by atoms with Gasteiger partial charge in [-0.25, -0.2) is 9.37 Å². The standard InChI is InChI=1S/C25H27FN4O5/c1-34-21-13-16(6-7-19(21)26)12-17(15-27-25(33)18-4-2-3-5-20(18)31)24-28-22(14-23(32)29-24)30-8-10-35-11-9-30/h2-7,13-14,17,31H,8-12,15H2,1H3,(H,27,33)(H,28,29,32). The van der Waals surface area contributed by atoms with Crippen molar-refractivity contribution in [1.29, 1.82) is 0 Å². The van der Waals surface area contributed by atoms with Crippen molar-refractivity contribution in [1.82, 2.24) is 15.3 Å². The highest BCUT2D eigenvalue weighted by atomic mass is 19.1. The van der Waals surface area contributed by atoms with Gasteiger partial charge in [0.2, 0.25) is 0 Å². The molecule has 0 saturated carbocycles. The second-order valence-corrected chi connectivity index (χ2v) is 8.19. The van der Waals surface area contributed by atoms with Crippen molar-refractivity contribution in [3.8, 4) is 11.5 Å². The van der Waals surface area contributed by atoms with Crippen molar-refractivity contribution in [2.45, 2.75) is 12.3 Å². The molecule has 10 heteroatoms. The number of rotatable bonds is 8. The van der Waals surface area contributed by atoms with Gasteiger partial charge in [0, 0.05) is 31.6 Å². The Morgan fingerprint density at radius 2 is 2.03 bits per heavy atom. The third kappa shape index (κ3) is 5.96. The van der Waals surface area contributed by atoms with Gasteiger partial charge in [-0.05, 0) is 36.2 Å². The number of morpholine rings is 1. The van der Waals surface area contributed by atoms with Crippen LogP contribution in [0.15, 0.2) is 53.3 Å². The number of ether oxygens (including phenoxy) is 2. The van der Waals surface area contributed by atoms with Crippen molar-refractivity contribution >= 4 is 11.7 Å². The average molecular weight is 483 g/mol. The lowest BCUT2D eigenvalue weighted by atomic mass is 9.97. The number of carbonyl (C=O) groups excluding carboxylic acids is 1. The van der Waals surface area contributed by atoms with Gasteiger partial charge in [-0.15, -0.1) is 0 Å². The summed E-state index contributed by atoms with van der Waals surface area (Å²) in [7, 11) is 1.39. The minimum absolute atomic E-state index is 0.100. The third-order valence-electron chi connectivity index (χ3n) is 5.82. The largest absolute Gasteiger partial charge is 0.507 e. The van der Waals surface area contributed by atoms with Gasteiger partial charge in [0.15, 0.2) is 11.6 Å². The summed E-state index contributed by atoms with van der Waals surface area (Å²) in [6.07, 6.45) is 0.340. The molecule has 1 aliphatic rings. The first-order valence-electron chi connectivity index (χ1n) is 11.3. The Hall–Kier alpha value is -3.92. The minimum Gasteiger partial charge on any atom is -0.507 e. The van der Waals surface area contributed by atoms with Crippen molar-refractivity contribution in [3.05, 3.63) is 81.7 Å². The monoisotopic (exact) mass is 482 g/mol. The lowest BCUT2D eigenvalue weighted by Gasteiger charge is -2.28. The van der Waals surface area contributed by atoms with Crippen molar-refractivity contribution in [2.24, 2.45) is 0 Å². The van der Waals surface area contributed by atoms with Crippen LogP contribution in [0, 0.1) is 5.82 Å². The van der Waals surface area contributed by atoms with Crippen LogP contribution in [0.4, 0.5) is 10.2 Å². The normalized spacial score (nSPS) is 14.4. The number of phenols is 1. The zero-order chi connectivity index (χ0) is 24.8. The summed E-state index contributed by atoms with van der Waals surface area (Å²) in [5.74, 6) is -0.513. The second kappa shape index (κ2) is 11.0. The molecule has 1 amide bonds. The quantitative estimate of drug-likeness (QED) is 0.451. The molecule has 0 spiro atoms. The van der Waals surface area contributed by atoms with Crippen LogP contribution in [0.1, 0.15) is 27.7 Å². The molecule has 1 saturated heterocycles. The maximum atomic E-state index is 13.9. The number of anilines is 1. The number of aromatic amines is 1. The molecule has 1 unspecified atom stereocenters. The summed E-state index contributed by atoms with van der Waals surface area (Å²) >= 11 is 0. The van der Waals surface area contributed by atoms with E-state index < -0.39 is 17.6 Å². The molecule has 1 aliphatic heterocycles. The molecule has 2 heterocycles. The van der Waals surface area contributed by atoms with Crippen LogP contribution in [0.3, 0.4) is 0 Å². The van der Waals surface area contributed by atoms with Crippen LogP contribution < -0.4 is 20.5 Å². The molecular weight excluding hydrogens is 455 g/mol. The highest BCUT2D eigenvalue weighted by molar-refractivity contribution is 5.96. The Morgan fingerprint density at radius 1 is 1.26 bits per heavy atom. The first-order chi connectivity index (χ1) is 16.9. The fraction of sp³-hybridized carbons (Fsp3) is 0.320. The number of benzene rings is 2. The zero-order valence-electron chi connectivity index (χ0n) is 19.3. The summed E-state index contributed by atoms with van der Waals surface area (Å²) in [6.45, 7) is 2.42. The van der Waals surface area contributed by atoms with Gasteiger partial charge in [0.1, 0.15) is 17.4 Å². The number of H-pyrrole nitrogens is 1. The fourth-order valence-electron chi connectivity index (χ4n) is 3.97. The Bertz CT molecular complexity index is 1240. The van der Waals surface area contributed by atoms with Gasteiger partial charge in [-0.2, -0.15) is 0 Å². The third-order valence-corrected chi connectivity index (χ3v) is 5.82. The predicted octanol–water partition coefficient (Wildman–Crippen LogP) is 2.22. The topological polar surface area (TPSA) is 117 Å². The van der Waals surface area contributed by atoms with E-state index in [1.807, 2.05) is 4.90 Å². The lowest BCUT2D eigenvalue weighted by molar-refractivity contribution is 0.0948. The predicted molar refractivity (Wildman–Crippen MR) is 128 cm³/mol. The Balaban J connectivity index is 1.63. The number of phenolic OH excluding ortho intramolecular Hbond substituents is 1. The first kappa shape index (κ1) is 24.2. The second-order valence-electron chi connectivity index (χ2n) is 8.19. The molecule has 4 rings (SSSR count). The molecule has 0 bridgehead atoms. The minimum atomic E-state index is -0.485. The fourth-order valence-corrected chi connectivity index (χ4v) is 3.97. The van der Waals surface area contributed by atoms with E-state index in [1.54, 1.807) is 24.3 Å². The number of methoxy groups -OCH3 is 1. The van der Waals surface area contributed by atoms with Gasteiger partial charge in [0.25, 0.3) is 11.5 Å². The number of hydrogen-bond donors (Lipinski definition) is 3. The lowest BCUT2D eigenvalue weighted by Crippen LogP contribution is -2.38. The molecule has 3 aromatic rings. The molecule has 184 valence electrons. The summed E-state index contributed by atoms with van der Waals surface area (Å²) in [6, 6.07) is 12.2. The first-order valence-corrected chi connectivity index (χ1v) is 11.3. The maximum absolute atomic E-state index is 13.9. The van der Waals surface area contributed by atoms with Crippen LogP contribution in [0.25, 0.3) is 0 Å². The Labute approximate surface area is 201 Å². The number of halogens is 1. The van der Waals surface area contributed by atoms with Gasteiger partial charge in [-0.3, -0.25) is 9.59 Å². The molecule has 2 aromatic carbocycles. The average Bonchev–Trinajstić information content (AvgIpc) is 2.87. The van der Waals surface area contributed by atoms with E-state index in [2.05, 4.69) is 10.3 Å². The highest BCUT2D eigenvalue weighted by Gasteiger charge is 2.22. The van der Waals surface area contributed by atoms with Gasteiger partial charge in [0.05, 0.1) is 25.9 Å². The molecule has 1 atom stereocenters. The summed E-state index contributed by atoms with van der Waals surface area (Å²) in [5.41, 5.74) is 0.563. The van der Waals surface area contributed by atoms with E-state index >= 15 is 0 Å². The Kier molecular flexibility index (Phi) is 7.61. The van der Waals surface area contributed by atoms with E-state index in [0.29, 0.717) is 44.4 Å². The van der Waals surface area contributed by atoms with Gasteiger partial charge >= 0.3 is 0 Å². The number of hydrogen-bond acceptors (Lipinski definition) is 7. The molecule has 1 aromatic heterocycles. The molecule has 3 N–H and O–H groups in total. The zero-order valence-corrected chi connectivity index (χ0v) is 19.3. The smallest absolute Gasteiger partial charge is 0.255 e. The van der Waals surface area contributed by atoms with E-state index in [1.165, 1.54) is 31.4 Å². The van der Waals surface area contributed by atoms with Crippen LogP contribution in [-0.4, -0.2) is 60.9 Å². The van der Waals surface area contributed by atoms with Crippen LogP contribution in [0.5, 0.6) is 11.5 Å². The number of carbonyl (C=O) groups is 1. The van der Waals surface area contributed by atoms with E-state index in [0.717, 1.165) is 5.56 Å². The SMILES string of the molecule is COc1cc(CC(CNC(=O)c2ccccc2O)c2nc(N3CCOCC3)cc(=O)[nH]2)ccc1F.